The molecule has 9 heavy (non-hydrogen) atoms. The molecular weight excluding hydrogens is 141 g/mol. The van der Waals surface area contributed by atoms with Crippen molar-refractivity contribution >= 4 is 14.3 Å². The monoisotopic (exact) mass is 149 g/mol. The minimum Gasteiger partial charge on any atom is -0.349 e. The van der Waals surface area contributed by atoms with E-state index in [0.29, 0.717) is 0 Å². The average molecular weight is 149 g/mol. The first-order valence-electron chi connectivity index (χ1n) is 2.22. The second-order valence-corrected chi connectivity index (χ2v) is 2.34. The van der Waals surface area contributed by atoms with Crippen molar-refractivity contribution in [1.29, 1.82) is 0 Å². The van der Waals surface area contributed by atoms with Gasteiger partial charge >= 0.3 is 0 Å². The van der Waals surface area contributed by atoms with E-state index in [1.165, 1.54) is 0 Å². The molecule has 0 bridgehead atoms. The smallest absolute Gasteiger partial charge is 0.243 e. The molecule has 0 saturated carbocycles. The lowest BCUT2D eigenvalue weighted by Crippen LogP contribution is -2.20. The van der Waals surface area contributed by atoms with Gasteiger partial charge in [0.25, 0.3) is 0 Å². The number of carbonyl (C=O) groups is 1. The van der Waals surface area contributed by atoms with E-state index in [-0.39, 0.29) is 6.29 Å². The van der Waals surface area contributed by atoms with E-state index >= 15 is 0 Å². The van der Waals surface area contributed by atoms with Gasteiger partial charge in [-0.2, -0.15) is 0 Å². The van der Waals surface area contributed by atoms with Crippen LogP contribution in [-0.4, -0.2) is 22.0 Å². The van der Waals surface area contributed by atoms with Gasteiger partial charge in [-0.05, 0) is 6.08 Å². The van der Waals surface area contributed by atoms with Gasteiger partial charge < -0.3 is 15.1 Å². The second-order valence-electron chi connectivity index (χ2n) is 1.28. The molecular formula is C4H8NO3P. The molecule has 0 aromatic rings. The summed E-state index contributed by atoms with van der Waals surface area (Å²) in [6, 6.07) is 0. The molecule has 0 aliphatic rings. The Balaban J connectivity index is 3.27. The first-order valence-corrected chi connectivity index (χ1v) is 3.65. The Labute approximate surface area is 54.1 Å². The lowest BCUT2D eigenvalue weighted by molar-refractivity contribution is -0.116. The third-order valence-electron chi connectivity index (χ3n) is 0.580. The molecule has 0 atom stereocenters. The average Bonchev–Trinajstić information content (AvgIpc) is 1.83. The fourth-order valence-electron chi connectivity index (χ4n) is 0.221. The van der Waals surface area contributed by atoms with Gasteiger partial charge in [0.15, 0.2) is 8.38 Å². The molecule has 0 saturated heterocycles. The normalized spacial score (nSPS) is 9.22. The molecule has 0 aliphatic heterocycles. The molecule has 0 aromatic carbocycles. The number of amides is 1. The lowest BCUT2D eigenvalue weighted by Gasteiger charge is -2.00. The van der Waals surface area contributed by atoms with Crippen molar-refractivity contribution in [2.75, 3.05) is 6.29 Å². The van der Waals surface area contributed by atoms with Gasteiger partial charge in [-0.3, -0.25) is 4.79 Å². The summed E-state index contributed by atoms with van der Waals surface area (Å²) in [4.78, 5) is 26.8. The summed E-state index contributed by atoms with van der Waals surface area (Å²) in [5, 5.41) is 2.20. The minimum absolute atomic E-state index is 0.0970. The molecule has 3 N–H and O–H groups in total. The van der Waals surface area contributed by atoms with Crippen molar-refractivity contribution in [2.45, 2.75) is 0 Å². The molecule has 0 fully saturated rings. The van der Waals surface area contributed by atoms with Crippen molar-refractivity contribution in [2.24, 2.45) is 0 Å². The Morgan fingerprint density at radius 2 is 2.33 bits per heavy atom. The van der Waals surface area contributed by atoms with Crippen LogP contribution < -0.4 is 5.32 Å². The largest absolute Gasteiger partial charge is 0.349 e. The van der Waals surface area contributed by atoms with Crippen LogP contribution in [-0.2, 0) is 4.79 Å². The van der Waals surface area contributed by atoms with Gasteiger partial charge in [0.2, 0.25) is 5.91 Å². The molecule has 4 nitrogen and oxygen atoms in total. The van der Waals surface area contributed by atoms with E-state index in [9.17, 15) is 4.79 Å². The standard InChI is InChI=1S/C4H8NO3P/c1-2-4(6)5-3-9(7)8/h2,7-8H,1,3H2,(H,5,6). The number of hydrogen-bond acceptors (Lipinski definition) is 3. The summed E-state index contributed by atoms with van der Waals surface area (Å²) in [6.45, 7) is 3.17. The van der Waals surface area contributed by atoms with E-state index in [1.807, 2.05) is 0 Å². The zero-order chi connectivity index (χ0) is 7.28. The Kier molecular flexibility index (Phi) is 4.22. The SMILES string of the molecule is C=CC(=O)NCP(O)O. The number of nitrogens with one attached hydrogen (secondary N) is 1. The number of rotatable bonds is 3. The Morgan fingerprint density at radius 3 is 2.67 bits per heavy atom. The Hall–Kier alpha value is -0.440. The van der Waals surface area contributed by atoms with E-state index in [0.717, 1.165) is 6.08 Å². The molecule has 5 heteroatoms. The molecule has 0 aromatic heterocycles. The van der Waals surface area contributed by atoms with Crippen molar-refractivity contribution < 1.29 is 14.6 Å². The maximum atomic E-state index is 10.3. The van der Waals surface area contributed by atoms with E-state index in [2.05, 4.69) is 11.9 Å². The van der Waals surface area contributed by atoms with Crippen molar-refractivity contribution in [1.82, 2.24) is 5.32 Å². The van der Waals surface area contributed by atoms with Gasteiger partial charge in [-0.15, -0.1) is 0 Å². The zero-order valence-corrected chi connectivity index (χ0v) is 5.64. The van der Waals surface area contributed by atoms with E-state index < -0.39 is 14.3 Å². The first kappa shape index (κ1) is 8.56. The van der Waals surface area contributed by atoms with Crippen LogP contribution >= 0.6 is 8.38 Å². The predicted molar refractivity (Wildman–Crippen MR) is 34.6 cm³/mol. The maximum absolute atomic E-state index is 10.3. The Bertz CT molecular complexity index is 114. The first-order chi connectivity index (χ1) is 4.16. The van der Waals surface area contributed by atoms with E-state index in [4.69, 9.17) is 9.79 Å². The second kappa shape index (κ2) is 4.44. The fraction of sp³-hybridized carbons (Fsp3) is 0.250. The van der Waals surface area contributed by atoms with Gasteiger partial charge in [0.05, 0.1) is 6.29 Å². The molecule has 0 radical (unpaired) electrons. The van der Waals surface area contributed by atoms with Crippen molar-refractivity contribution in [3.63, 3.8) is 0 Å². The topological polar surface area (TPSA) is 69.6 Å². The summed E-state index contributed by atoms with van der Waals surface area (Å²) >= 11 is 0. The highest BCUT2D eigenvalue weighted by Crippen LogP contribution is 2.18. The molecule has 0 rings (SSSR count). The summed E-state index contributed by atoms with van der Waals surface area (Å²) < 4.78 is 0. The van der Waals surface area contributed by atoms with Gasteiger partial charge in [-0.25, -0.2) is 0 Å². The molecule has 1 amide bonds. The van der Waals surface area contributed by atoms with Crippen LogP contribution in [0.3, 0.4) is 0 Å². The molecule has 0 aliphatic carbocycles. The molecule has 0 unspecified atom stereocenters. The highest BCUT2D eigenvalue weighted by atomic mass is 31.2. The predicted octanol–water partition coefficient (Wildman–Crippen LogP) is -0.457. The quantitative estimate of drug-likeness (QED) is 0.375. The summed E-state index contributed by atoms with van der Waals surface area (Å²) in [7, 11) is -2.02. The van der Waals surface area contributed by atoms with Gasteiger partial charge in [0.1, 0.15) is 0 Å². The van der Waals surface area contributed by atoms with Gasteiger partial charge in [0, 0.05) is 0 Å². The summed E-state index contributed by atoms with van der Waals surface area (Å²) in [5.41, 5.74) is 0. The molecule has 0 heterocycles. The third-order valence-corrected chi connectivity index (χ3v) is 1.02. The summed E-state index contributed by atoms with van der Waals surface area (Å²) in [5.74, 6) is -0.398. The highest BCUT2D eigenvalue weighted by Gasteiger charge is 1.98. The maximum Gasteiger partial charge on any atom is 0.243 e. The zero-order valence-electron chi connectivity index (χ0n) is 4.74. The van der Waals surface area contributed by atoms with Crippen molar-refractivity contribution in [3.05, 3.63) is 12.7 Å². The van der Waals surface area contributed by atoms with Crippen molar-refractivity contribution in [3.8, 4) is 0 Å². The highest BCUT2D eigenvalue weighted by molar-refractivity contribution is 7.45. The molecule has 0 spiro atoms. The van der Waals surface area contributed by atoms with Crippen LogP contribution in [0.4, 0.5) is 0 Å². The minimum atomic E-state index is -2.02. The number of hydrogen-bond donors (Lipinski definition) is 3. The van der Waals surface area contributed by atoms with Crippen LogP contribution in [0, 0.1) is 0 Å². The number of carbonyl (C=O) groups excluding carboxylic acids is 1. The Morgan fingerprint density at radius 1 is 1.78 bits per heavy atom. The van der Waals surface area contributed by atoms with Gasteiger partial charge in [-0.1, -0.05) is 6.58 Å². The van der Waals surface area contributed by atoms with Crippen LogP contribution in [0.25, 0.3) is 0 Å². The van der Waals surface area contributed by atoms with Crippen LogP contribution in [0.15, 0.2) is 12.7 Å². The van der Waals surface area contributed by atoms with Crippen LogP contribution in [0.1, 0.15) is 0 Å². The summed E-state index contributed by atoms with van der Waals surface area (Å²) in [6.07, 6.45) is 0.971. The van der Waals surface area contributed by atoms with Crippen LogP contribution in [0.5, 0.6) is 0 Å². The third kappa shape index (κ3) is 5.43. The molecule has 52 valence electrons. The van der Waals surface area contributed by atoms with Crippen LogP contribution in [0.2, 0.25) is 0 Å². The van der Waals surface area contributed by atoms with E-state index in [1.54, 1.807) is 0 Å². The fourth-order valence-corrected chi connectivity index (χ4v) is 0.518. The lowest BCUT2D eigenvalue weighted by atomic mass is 10.6.